The molecule has 0 aliphatic rings. The van der Waals surface area contributed by atoms with Crippen LogP contribution in [-0.2, 0) is 11.3 Å². The summed E-state index contributed by atoms with van der Waals surface area (Å²) in [5, 5.41) is 3.24. The number of carbonyl (C=O) groups excluding carboxylic acids is 1. The normalized spacial score (nSPS) is 10.3. The number of esters is 1. The molecule has 0 unspecified atom stereocenters. The zero-order valence-corrected chi connectivity index (χ0v) is 12.3. The summed E-state index contributed by atoms with van der Waals surface area (Å²) in [6, 6.07) is 7.75. The van der Waals surface area contributed by atoms with Crippen LogP contribution < -0.4 is 5.32 Å². The van der Waals surface area contributed by atoms with E-state index in [4.69, 9.17) is 4.42 Å². The van der Waals surface area contributed by atoms with Gasteiger partial charge in [-0.15, -0.1) is 0 Å². The van der Waals surface area contributed by atoms with Gasteiger partial charge < -0.3 is 14.5 Å². The van der Waals surface area contributed by atoms with Crippen LogP contribution in [0.4, 0.5) is 5.69 Å². The third-order valence-corrected chi connectivity index (χ3v) is 3.63. The van der Waals surface area contributed by atoms with Crippen LogP contribution in [0.5, 0.6) is 0 Å². The number of aryl methyl sites for hydroxylation is 1. The van der Waals surface area contributed by atoms with E-state index in [0.717, 1.165) is 15.7 Å². The smallest absolute Gasteiger partial charge is 0.374 e. The quantitative estimate of drug-likeness (QED) is 0.870. The molecular weight excluding hydrogens is 310 g/mol. The van der Waals surface area contributed by atoms with Gasteiger partial charge in [0, 0.05) is 22.3 Å². The maximum absolute atomic E-state index is 11.5. The molecule has 19 heavy (non-hydrogen) atoms. The first-order valence-corrected chi connectivity index (χ1v) is 6.56. The average molecular weight is 324 g/mol. The minimum absolute atomic E-state index is 0.237. The van der Waals surface area contributed by atoms with E-state index in [1.54, 1.807) is 6.07 Å². The molecule has 2 rings (SSSR count). The number of anilines is 1. The first-order valence-electron chi connectivity index (χ1n) is 5.76. The van der Waals surface area contributed by atoms with Crippen molar-refractivity contribution in [2.75, 3.05) is 12.4 Å². The van der Waals surface area contributed by atoms with Crippen LogP contribution >= 0.6 is 15.9 Å². The molecule has 0 fully saturated rings. The van der Waals surface area contributed by atoms with Crippen LogP contribution in [0, 0.1) is 6.92 Å². The van der Waals surface area contributed by atoms with Gasteiger partial charge in [-0.2, -0.15) is 0 Å². The first-order chi connectivity index (χ1) is 9.11. The number of nitrogens with one attached hydrogen (secondary N) is 1. The zero-order valence-electron chi connectivity index (χ0n) is 10.7. The fraction of sp³-hybridized carbons (Fsp3) is 0.214. The van der Waals surface area contributed by atoms with Crippen molar-refractivity contribution in [3.8, 4) is 0 Å². The van der Waals surface area contributed by atoms with E-state index < -0.39 is 5.97 Å². The highest BCUT2D eigenvalue weighted by atomic mass is 79.9. The number of ether oxygens (including phenoxy) is 1. The third kappa shape index (κ3) is 3.17. The number of carbonyl (C=O) groups is 1. The second-order valence-electron chi connectivity index (χ2n) is 4.08. The first kappa shape index (κ1) is 13.7. The average Bonchev–Trinajstić information content (AvgIpc) is 2.87. The number of benzene rings is 1. The summed E-state index contributed by atoms with van der Waals surface area (Å²) < 4.78 is 10.8. The highest BCUT2D eigenvalue weighted by Gasteiger charge is 2.15. The summed E-state index contributed by atoms with van der Waals surface area (Å²) >= 11 is 3.48. The molecule has 0 saturated heterocycles. The number of rotatable bonds is 4. The predicted molar refractivity (Wildman–Crippen MR) is 76.3 cm³/mol. The molecule has 0 aliphatic carbocycles. The van der Waals surface area contributed by atoms with Crippen LogP contribution in [0.25, 0.3) is 0 Å². The van der Waals surface area contributed by atoms with Crippen LogP contribution in [0.15, 0.2) is 39.4 Å². The van der Waals surface area contributed by atoms with Crippen molar-refractivity contribution in [3.05, 3.63) is 51.9 Å². The molecule has 1 N–H and O–H groups in total. The molecule has 1 aromatic heterocycles. The van der Waals surface area contributed by atoms with Gasteiger partial charge in [0.2, 0.25) is 5.76 Å². The standard InChI is InChI=1S/C14H14BrNO3/c1-9-3-4-11(7-12(9)15)16-8-10-5-6-19-13(10)14(17)18-2/h3-7,16H,8H2,1-2H3. The lowest BCUT2D eigenvalue weighted by Gasteiger charge is -2.07. The molecule has 2 aromatic rings. The Morgan fingerprint density at radius 3 is 2.89 bits per heavy atom. The van der Waals surface area contributed by atoms with E-state index in [9.17, 15) is 4.79 Å². The SMILES string of the molecule is COC(=O)c1occc1CNc1ccc(C)c(Br)c1. The summed E-state index contributed by atoms with van der Waals surface area (Å²) in [4.78, 5) is 11.5. The summed E-state index contributed by atoms with van der Waals surface area (Å²) in [6.45, 7) is 2.52. The van der Waals surface area contributed by atoms with Gasteiger partial charge in [0.25, 0.3) is 0 Å². The van der Waals surface area contributed by atoms with Gasteiger partial charge in [-0.05, 0) is 30.7 Å². The molecule has 0 radical (unpaired) electrons. The Morgan fingerprint density at radius 2 is 2.21 bits per heavy atom. The molecule has 4 nitrogen and oxygen atoms in total. The number of methoxy groups -OCH3 is 1. The maximum atomic E-state index is 11.5. The van der Waals surface area contributed by atoms with E-state index >= 15 is 0 Å². The maximum Gasteiger partial charge on any atom is 0.374 e. The molecule has 5 heteroatoms. The second kappa shape index (κ2) is 5.93. The molecule has 0 saturated carbocycles. The van der Waals surface area contributed by atoms with Gasteiger partial charge in [-0.1, -0.05) is 22.0 Å². The molecule has 1 heterocycles. The van der Waals surface area contributed by atoms with E-state index in [2.05, 4.69) is 26.0 Å². The number of hydrogen-bond donors (Lipinski definition) is 1. The third-order valence-electron chi connectivity index (χ3n) is 2.77. The van der Waals surface area contributed by atoms with Crippen molar-refractivity contribution in [2.45, 2.75) is 13.5 Å². The summed E-state index contributed by atoms with van der Waals surface area (Å²) in [6.07, 6.45) is 1.48. The number of hydrogen-bond acceptors (Lipinski definition) is 4. The minimum atomic E-state index is -0.466. The molecule has 0 amide bonds. The van der Waals surface area contributed by atoms with Gasteiger partial charge in [0.15, 0.2) is 0 Å². The lowest BCUT2D eigenvalue weighted by molar-refractivity contribution is 0.0563. The monoisotopic (exact) mass is 323 g/mol. The summed E-state index contributed by atoms with van der Waals surface area (Å²) in [5.74, 6) is -0.229. The Balaban J connectivity index is 2.08. The van der Waals surface area contributed by atoms with E-state index in [1.165, 1.54) is 18.9 Å². The van der Waals surface area contributed by atoms with Crippen molar-refractivity contribution in [2.24, 2.45) is 0 Å². The van der Waals surface area contributed by atoms with E-state index in [1.807, 2.05) is 25.1 Å². The van der Waals surface area contributed by atoms with Crippen molar-refractivity contribution in [1.82, 2.24) is 0 Å². The van der Waals surface area contributed by atoms with Crippen LogP contribution in [0.2, 0.25) is 0 Å². The Hall–Kier alpha value is -1.75. The van der Waals surface area contributed by atoms with Crippen molar-refractivity contribution in [3.63, 3.8) is 0 Å². The molecule has 0 bridgehead atoms. The Kier molecular flexibility index (Phi) is 4.27. The van der Waals surface area contributed by atoms with Gasteiger partial charge in [0.1, 0.15) is 0 Å². The lowest BCUT2D eigenvalue weighted by Crippen LogP contribution is -2.06. The van der Waals surface area contributed by atoms with Crippen molar-refractivity contribution in [1.29, 1.82) is 0 Å². The molecule has 0 aliphatic heterocycles. The van der Waals surface area contributed by atoms with Crippen molar-refractivity contribution >= 4 is 27.6 Å². The van der Waals surface area contributed by atoms with E-state index in [-0.39, 0.29) is 5.76 Å². The Labute approximate surface area is 119 Å². The number of halogens is 1. The molecule has 1 aromatic carbocycles. The lowest BCUT2D eigenvalue weighted by atomic mass is 10.2. The van der Waals surface area contributed by atoms with Gasteiger partial charge >= 0.3 is 5.97 Å². The van der Waals surface area contributed by atoms with Gasteiger partial charge in [-0.3, -0.25) is 0 Å². The molecule has 100 valence electrons. The summed E-state index contributed by atoms with van der Waals surface area (Å²) in [7, 11) is 1.33. The highest BCUT2D eigenvalue weighted by Crippen LogP contribution is 2.21. The fourth-order valence-electron chi connectivity index (χ4n) is 1.65. The Bertz CT molecular complexity index is 592. The van der Waals surface area contributed by atoms with Gasteiger partial charge in [-0.25, -0.2) is 4.79 Å². The fourth-order valence-corrected chi connectivity index (χ4v) is 2.03. The second-order valence-corrected chi connectivity index (χ2v) is 4.94. The van der Waals surface area contributed by atoms with E-state index in [0.29, 0.717) is 6.54 Å². The predicted octanol–water partition coefficient (Wildman–Crippen LogP) is 3.75. The minimum Gasteiger partial charge on any atom is -0.463 e. The Morgan fingerprint density at radius 1 is 1.42 bits per heavy atom. The van der Waals surface area contributed by atoms with Crippen molar-refractivity contribution < 1.29 is 13.9 Å². The topological polar surface area (TPSA) is 51.5 Å². The zero-order chi connectivity index (χ0) is 13.8. The summed E-state index contributed by atoms with van der Waals surface area (Å²) in [5.41, 5.74) is 2.90. The highest BCUT2D eigenvalue weighted by molar-refractivity contribution is 9.10. The van der Waals surface area contributed by atoms with Crippen LogP contribution in [0.3, 0.4) is 0 Å². The molecular formula is C14H14BrNO3. The number of furan rings is 1. The van der Waals surface area contributed by atoms with Crippen LogP contribution in [0.1, 0.15) is 21.7 Å². The molecule has 0 atom stereocenters. The van der Waals surface area contributed by atoms with Gasteiger partial charge in [0.05, 0.1) is 13.4 Å². The largest absolute Gasteiger partial charge is 0.463 e. The van der Waals surface area contributed by atoms with Crippen LogP contribution in [-0.4, -0.2) is 13.1 Å². The molecule has 0 spiro atoms.